The van der Waals surface area contributed by atoms with Crippen molar-refractivity contribution in [2.24, 2.45) is 0 Å². The molecule has 1 amide bonds. The molecule has 0 bridgehead atoms. The smallest absolute Gasteiger partial charge is 0.249 e. The third-order valence-corrected chi connectivity index (χ3v) is 5.11. The number of nitrogens with zero attached hydrogens (tertiary/aromatic N) is 2. The molecular formula is C27H25N3O3. The summed E-state index contributed by atoms with van der Waals surface area (Å²) in [5.41, 5.74) is 4.29. The highest BCUT2D eigenvalue weighted by atomic mass is 16.5. The first-order valence-corrected chi connectivity index (χ1v) is 10.5. The van der Waals surface area contributed by atoms with Gasteiger partial charge in [-0.2, -0.15) is 0 Å². The van der Waals surface area contributed by atoms with E-state index in [0.717, 1.165) is 28.0 Å². The fourth-order valence-electron chi connectivity index (χ4n) is 3.51. The Hall–Kier alpha value is -4.32. The van der Waals surface area contributed by atoms with E-state index in [-0.39, 0.29) is 5.91 Å². The number of methoxy groups -OCH3 is 1. The normalized spacial score (nSPS) is 11.0. The second-order valence-electron chi connectivity index (χ2n) is 7.39. The van der Waals surface area contributed by atoms with Gasteiger partial charge in [-0.15, -0.1) is 0 Å². The molecule has 4 rings (SSSR count). The van der Waals surface area contributed by atoms with E-state index in [9.17, 15) is 4.79 Å². The van der Waals surface area contributed by atoms with E-state index in [1.807, 2.05) is 72.1 Å². The van der Waals surface area contributed by atoms with E-state index in [2.05, 4.69) is 11.9 Å². The number of benzene rings is 2. The molecule has 6 nitrogen and oxygen atoms in total. The Bertz CT molecular complexity index is 1320. The van der Waals surface area contributed by atoms with E-state index in [1.165, 1.54) is 6.08 Å². The molecule has 0 saturated heterocycles. The number of rotatable bonds is 8. The zero-order valence-electron chi connectivity index (χ0n) is 18.6. The van der Waals surface area contributed by atoms with Crippen molar-refractivity contribution in [3.05, 3.63) is 96.7 Å². The van der Waals surface area contributed by atoms with E-state index in [0.29, 0.717) is 23.9 Å². The second kappa shape index (κ2) is 9.87. The zero-order valence-corrected chi connectivity index (χ0v) is 18.6. The highest BCUT2D eigenvalue weighted by molar-refractivity contribution is 6.03. The lowest BCUT2D eigenvalue weighted by atomic mass is 10.1. The number of hydrogen-bond donors (Lipinski definition) is 1. The number of aryl methyl sites for hydroxylation is 1. The van der Waals surface area contributed by atoms with Crippen LogP contribution in [-0.2, 0) is 4.79 Å². The summed E-state index contributed by atoms with van der Waals surface area (Å²) in [7, 11) is 1.58. The number of hydrogen-bond acceptors (Lipinski definition) is 4. The van der Waals surface area contributed by atoms with Crippen molar-refractivity contribution in [2.75, 3.05) is 19.0 Å². The lowest BCUT2D eigenvalue weighted by Gasteiger charge is -2.10. The van der Waals surface area contributed by atoms with E-state index < -0.39 is 0 Å². The number of carbonyl (C=O) groups excluding carboxylic acids is 1. The SMILES string of the molecule is C=CCOc1ccc(/C=C/C(=O)Nc2c(-c3ccccc3)nc3c(C)cccn23)cc1OC. The molecule has 4 aromatic rings. The molecule has 0 aliphatic rings. The molecule has 2 aromatic heterocycles. The number of aromatic nitrogens is 2. The first kappa shape index (κ1) is 21.9. The lowest BCUT2D eigenvalue weighted by Crippen LogP contribution is -2.10. The summed E-state index contributed by atoms with van der Waals surface area (Å²) in [6.07, 6.45) is 6.78. The molecule has 166 valence electrons. The maximum atomic E-state index is 12.9. The number of fused-ring (bicyclic) bond motifs is 1. The molecule has 0 atom stereocenters. The van der Waals surface area contributed by atoms with Gasteiger partial charge in [-0.05, 0) is 42.3 Å². The minimum atomic E-state index is -0.263. The van der Waals surface area contributed by atoms with Gasteiger partial charge in [-0.25, -0.2) is 4.98 Å². The third kappa shape index (κ3) is 4.80. The Morgan fingerprint density at radius 3 is 2.70 bits per heavy atom. The fourth-order valence-corrected chi connectivity index (χ4v) is 3.51. The second-order valence-corrected chi connectivity index (χ2v) is 7.39. The van der Waals surface area contributed by atoms with E-state index in [4.69, 9.17) is 14.5 Å². The molecule has 0 spiro atoms. The summed E-state index contributed by atoms with van der Waals surface area (Å²) in [5, 5.41) is 3.01. The Balaban J connectivity index is 1.61. The summed E-state index contributed by atoms with van der Waals surface area (Å²) in [4.78, 5) is 17.6. The summed E-state index contributed by atoms with van der Waals surface area (Å²) in [6, 6.07) is 19.2. The standard InChI is InChI=1S/C27H25N3O3/c1-4-17-33-22-14-12-20(18-23(22)32-3)13-15-24(31)28-27-25(21-10-6-5-7-11-21)29-26-19(2)9-8-16-30(26)27/h4-16,18H,1,17H2,2-3H3,(H,28,31)/b15-13+. The minimum Gasteiger partial charge on any atom is -0.493 e. The number of amides is 1. The van der Waals surface area contributed by atoms with E-state index in [1.54, 1.807) is 25.3 Å². The van der Waals surface area contributed by atoms with Gasteiger partial charge in [0.1, 0.15) is 23.8 Å². The predicted octanol–water partition coefficient (Wildman–Crippen LogP) is 5.54. The molecule has 2 heterocycles. The first-order chi connectivity index (χ1) is 16.1. The van der Waals surface area contributed by atoms with Gasteiger partial charge in [0.2, 0.25) is 5.91 Å². The van der Waals surface area contributed by atoms with Crippen molar-refractivity contribution in [3.63, 3.8) is 0 Å². The van der Waals surface area contributed by atoms with Crippen molar-refractivity contribution in [1.82, 2.24) is 9.38 Å². The monoisotopic (exact) mass is 439 g/mol. The van der Waals surface area contributed by atoms with Gasteiger partial charge in [0, 0.05) is 17.8 Å². The molecule has 2 aromatic carbocycles. The minimum absolute atomic E-state index is 0.263. The average Bonchev–Trinajstić information content (AvgIpc) is 3.21. The first-order valence-electron chi connectivity index (χ1n) is 10.5. The Kier molecular flexibility index (Phi) is 6.55. The van der Waals surface area contributed by atoms with Crippen molar-refractivity contribution in [1.29, 1.82) is 0 Å². The maximum absolute atomic E-state index is 12.9. The van der Waals surface area contributed by atoms with E-state index >= 15 is 0 Å². The molecular weight excluding hydrogens is 414 g/mol. The van der Waals surface area contributed by atoms with Gasteiger partial charge in [-0.3, -0.25) is 9.20 Å². The Labute approximate surface area is 192 Å². The van der Waals surface area contributed by atoms with Crippen LogP contribution in [0.1, 0.15) is 11.1 Å². The van der Waals surface area contributed by atoms with Crippen molar-refractivity contribution in [3.8, 4) is 22.8 Å². The van der Waals surface area contributed by atoms with Crippen LogP contribution in [0.3, 0.4) is 0 Å². The van der Waals surface area contributed by atoms with Crippen LogP contribution in [-0.4, -0.2) is 29.0 Å². The Morgan fingerprint density at radius 2 is 1.94 bits per heavy atom. The number of nitrogens with one attached hydrogen (secondary N) is 1. The predicted molar refractivity (Wildman–Crippen MR) is 132 cm³/mol. The largest absolute Gasteiger partial charge is 0.493 e. The molecule has 33 heavy (non-hydrogen) atoms. The zero-order chi connectivity index (χ0) is 23.2. The summed E-state index contributed by atoms with van der Waals surface area (Å²) < 4.78 is 12.9. The molecule has 0 aliphatic carbocycles. The van der Waals surface area contributed by atoms with Gasteiger partial charge in [0.05, 0.1) is 7.11 Å². The van der Waals surface area contributed by atoms with Crippen LogP contribution >= 0.6 is 0 Å². The van der Waals surface area contributed by atoms with Crippen LogP contribution in [0.25, 0.3) is 23.0 Å². The van der Waals surface area contributed by atoms with Crippen LogP contribution in [0.4, 0.5) is 5.82 Å². The summed E-state index contributed by atoms with van der Waals surface area (Å²) in [6.45, 7) is 6.03. The van der Waals surface area contributed by atoms with Gasteiger partial charge < -0.3 is 14.8 Å². The molecule has 0 radical (unpaired) electrons. The third-order valence-electron chi connectivity index (χ3n) is 5.11. The number of pyridine rings is 1. The van der Waals surface area contributed by atoms with Crippen molar-refractivity contribution >= 4 is 23.4 Å². The molecule has 6 heteroatoms. The molecule has 0 saturated carbocycles. The molecule has 0 fully saturated rings. The van der Waals surface area contributed by atoms with Gasteiger partial charge in [0.25, 0.3) is 0 Å². The van der Waals surface area contributed by atoms with Crippen LogP contribution in [0, 0.1) is 6.92 Å². The van der Waals surface area contributed by atoms with Gasteiger partial charge >= 0.3 is 0 Å². The lowest BCUT2D eigenvalue weighted by molar-refractivity contribution is -0.111. The van der Waals surface area contributed by atoms with Crippen LogP contribution < -0.4 is 14.8 Å². The van der Waals surface area contributed by atoms with Crippen molar-refractivity contribution in [2.45, 2.75) is 6.92 Å². The highest BCUT2D eigenvalue weighted by Crippen LogP contribution is 2.30. The summed E-state index contributed by atoms with van der Waals surface area (Å²) in [5.74, 6) is 1.57. The number of ether oxygens (including phenoxy) is 2. The maximum Gasteiger partial charge on any atom is 0.249 e. The summed E-state index contributed by atoms with van der Waals surface area (Å²) >= 11 is 0. The fraction of sp³-hybridized carbons (Fsp3) is 0.111. The number of imidazole rings is 1. The van der Waals surface area contributed by atoms with Crippen LogP contribution in [0.15, 0.2) is 85.6 Å². The molecule has 0 unspecified atom stereocenters. The molecule has 1 N–H and O–H groups in total. The Morgan fingerprint density at radius 1 is 1.12 bits per heavy atom. The van der Waals surface area contributed by atoms with Gasteiger partial charge in [-0.1, -0.05) is 55.1 Å². The van der Waals surface area contributed by atoms with Gasteiger partial charge in [0.15, 0.2) is 11.5 Å². The highest BCUT2D eigenvalue weighted by Gasteiger charge is 2.16. The number of anilines is 1. The number of carbonyl (C=O) groups is 1. The van der Waals surface area contributed by atoms with Crippen molar-refractivity contribution < 1.29 is 14.3 Å². The molecule has 0 aliphatic heterocycles. The average molecular weight is 440 g/mol. The van der Waals surface area contributed by atoms with Crippen LogP contribution in [0.2, 0.25) is 0 Å². The van der Waals surface area contributed by atoms with Crippen LogP contribution in [0.5, 0.6) is 11.5 Å². The topological polar surface area (TPSA) is 64.9 Å². The quantitative estimate of drug-likeness (QED) is 0.289.